The maximum absolute atomic E-state index is 2.53. The minimum atomic E-state index is 0.574. The van der Waals surface area contributed by atoms with Crippen molar-refractivity contribution in [1.82, 2.24) is 0 Å². The van der Waals surface area contributed by atoms with Gasteiger partial charge < -0.3 is 0 Å². The van der Waals surface area contributed by atoms with Crippen LogP contribution in [0.3, 0.4) is 0 Å². The lowest BCUT2D eigenvalue weighted by Gasteiger charge is -2.33. The van der Waals surface area contributed by atoms with E-state index in [2.05, 4.69) is 61.2 Å². The molecule has 2 heteroatoms. The quantitative estimate of drug-likeness (QED) is 0.635. The number of allylic oxidation sites excluding steroid dienone is 2. The fraction of sp³-hybridized carbons (Fsp3) is 0.889. The van der Waals surface area contributed by atoms with Crippen molar-refractivity contribution >= 4 is 19.6 Å². The minimum absolute atomic E-state index is 0.574. The molecule has 0 aromatic rings. The topological polar surface area (TPSA) is 0 Å². The van der Waals surface area contributed by atoms with Gasteiger partial charge in [-0.05, 0) is 41.4 Å². The standard InChI is InChI=1S/C18H33BS/c1-11(2)16-14-7-9-18(19,13(5)6)10-8-15(14)20-17(16)12(3)4/h11-15H,7-10,19H2,1-6H3. The van der Waals surface area contributed by atoms with Gasteiger partial charge in [0.25, 0.3) is 0 Å². The lowest BCUT2D eigenvalue weighted by atomic mass is 9.57. The first-order valence-corrected chi connectivity index (χ1v) is 9.55. The summed E-state index contributed by atoms with van der Waals surface area (Å²) in [5.74, 6) is 3.15. The van der Waals surface area contributed by atoms with Crippen LogP contribution in [0.25, 0.3) is 0 Å². The number of thioether (sulfide) groups is 1. The second kappa shape index (κ2) is 6.11. The number of hydrogen-bond donors (Lipinski definition) is 0. The maximum atomic E-state index is 2.53. The molecule has 1 aliphatic heterocycles. The van der Waals surface area contributed by atoms with Crippen LogP contribution in [-0.4, -0.2) is 13.1 Å². The van der Waals surface area contributed by atoms with Crippen molar-refractivity contribution in [2.75, 3.05) is 0 Å². The first-order chi connectivity index (χ1) is 9.26. The molecular weight excluding hydrogens is 259 g/mol. The summed E-state index contributed by atoms with van der Waals surface area (Å²) in [6, 6.07) is 0. The zero-order chi connectivity index (χ0) is 15.1. The highest BCUT2D eigenvalue weighted by atomic mass is 32.2. The van der Waals surface area contributed by atoms with E-state index in [1.807, 2.05) is 5.57 Å². The first kappa shape index (κ1) is 16.5. The summed E-state index contributed by atoms with van der Waals surface area (Å²) >= 11 is 2.24. The highest BCUT2D eigenvalue weighted by Gasteiger charge is 2.42. The average Bonchev–Trinajstić information content (AvgIpc) is 2.64. The summed E-state index contributed by atoms with van der Waals surface area (Å²) in [5.41, 5.74) is 1.82. The summed E-state index contributed by atoms with van der Waals surface area (Å²) in [6.45, 7) is 14.4. The Hall–Kier alpha value is 0.155. The highest BCUT2D eigenvalue weighted by Crippen LogP contribution is 2.57. The van der Waals surface area contributed by atoms with E-state index in [1.165, 1.54) is 25.7 Å². The Balaban J connectivity index is 2.24. The second-order valence-electron chi connectivity index (χ2n) is 8.28. The van der Waals surface area contributed by atoms with Gasteiger partial charge in [-0.25, -0.2) is 0 Å². The molecule has 0 radical (unpaired) electrons. The number of fused-ring (bicyclic) bond motifs is 1. The lowest BCUT2D eigenvalue weighted by Crippen LogP contribution is -2.19. The number of rotatable bonds is 3. The molecule has 0 nitrogen and oxygen atoms in total. The van der Waals surface area contributed by atoms with Gasteiger partial charge in [0.2, 0.25) is 0 Å². The van der Waals surface area contributed by atoms with Crippen LogP contribution in [0.4, 0.5) is 0 Å². The molecule has 2 aliphatic rings. The Morgan fingerprint density at radius 2 is 1.60 bits per heavy atom. The van der Waals surface area contributed by atoms with Gasteiger partial charge in [-0.15, -0.1) is 11.8 Å². The molecule has 0 N–H and O–H groups in total. The second-order valence-corrected chi connectivity index (χ2v) is 9.56. The molecule has 114 valence electrons. The van der Waals surface area contributed by atoms with Crippen molar-refractivity contribution < 1.29 is 0 Å². The van der Waals surface area contributed by atoms with E-state index in [4.69, 9.17) is 0 Å². The summed E-state index contributed by atoms with van der Waals surface area (Å²) < 4.78 is 0. The molecule has 1 saturated carbocycles. The van der Waals surface area contributed by atoms with Crippen molar-refractivity contribution in [3.8, 4) is 0 Å². The summed E-state index contributed by atoms with van der Waals surface area (Å²) in [6.07, 6.45) is 5.70. The van der Waals surface area contributed by atoms with Crippen LogP contribution in [0, 0.1) is 23.7 Å². The van der Waals surface area contributed by atoms with Crippen molar-refractivity contribution in [1.29, 1.82) is 0 Å². The zero-order valence-electron chi connectivity index (χ0n) is 14.6. The van der Waals surface area contributed by atoms with Crippen LogP contribution in [-0.2, 0) is 0 Å². The summed E-state index contributed by atoms with van der Waals surface area (Å²) in [5, 5.41) is 1.45. The minimum Gasteiger partial charge on any atom is -0.126 e. The monoisotopic (exact) mass is 292 g/mol. The van der Waals surface area contributed by atoms with Gasteiger partial charge in [-0.1, -0.05) is 65.3 Å². The molecule has 0 spiro atoms. The van der Waals surface area contributed by atoms with Gasteiger partial charge in [0.1, 0.15) is 7.85 Å². The molecule has 0 bridgehead atoms. The summed E-state index contributed by atoms with van der Waals surface area (Å²) in [7, 11) is 2.53. The Bertz CT molecular complexity index is 383. The highest BCUT2D eigenvalue weighted by molar-refractivity contribution is 8.04. The van der Waals surface area contributed by atoms with E-state index in [1.54, 1.807) is 4.91 Å². The predicted molar refractivity (Wildman–Crippen MR) is 96.1 cm³/mol. The van der Waals surface area contributed by atoms with Crippen LogP contribution >= 0.6 is 11.8 Å². The molecule has 1 fully saturated rings. The Morgan fingerprint density at radius 3 is 2.10 bits per heavy atom. The number of hydrogen-bond acceptors (Lipinski definition) is 1. The third kappa shape index (κ3) is 3.01. The molecule has 1 heterocycles. The van der Waals surface area contributed by atoms with E-state index >= 15 is 0 Å². The Morgan fingerprint density at radius 1 is 1.00 bits per heavy atom. The van der Waals surface area contributed by atoms with Gasteiger partial charge in [0.15, 0.2) is 0 Å². The Labute approximate surface area is 132 Å². The van der Waals surface area contributed by atoms with Gasteiger partial charge >= 0.3 is 0 Å². The van der Waals surface area contributed by atoms with Crippen molar-refractivity contribution in [2.45, 2.75) is 77.8 Å². The third-order valence-corrected chi connectivity index (χ3v) is 7.81. The smallest absolute Gasteiger partial charge is 0.109 e. The van der Waals surface area contributed by atoms with Crippen LogP contribution < -0.4 is 0 Å². The zero-order valence-corrected chi connectivity index (χ0v) is 15.4. The van der Waals surface area contributed by atoms with E-state index in [-0.39, 0.29) is 0 Å². The van der Waals surface area contributed by atoms with Crippen molar-refractivity contribution in [3.63, 3.8) is 0 Å². The van der Waals surface area contributed by atoms with Crippen LogP contribution in [0.2, 0.25) is 5.31 Å². The third-order valence-electron chi connectivity index (χ3n) is 5.98. The normalized spacial score (nSPS) is 35.0. The van der Waals surface area contributed by atoms with Crippen LogP contribution in [0.5, 0.6) is 0 Å². The van der Waals surface area contributed by atoms with Crippen molar-refractivity contribution in [2.24, 2.45) is 23.7 Å². The van der Waals surface area contributed by atoms with Crippen LogP contribution in [0.15, 0.2) is 10.5 Å². The van der Waals surface area contributed by atoms with E-state index in [0.29, 0.717) is 5.31 Å². The van der Waals surface area contributed by atoms with Gasteiger partial charge in [-0.3, -0.25) is 0 Å². The average molecular weight is 292 g/mol. The predicted octanol–water partition coefficient (Wildman–Crippen LogP) is 5.31. The molecule has 2 rings (SSSR count). The summed E-state index contributed by atoms with van der Waals surface area (Å²) in [4.78, 5) is 1.74. The first-order valence-electron chi connectivity index (χ1n) is 8.67. The van der Waals surface area contributed by atoms with Gasteiger partial charge in [0, 0.05) is 5.25 Å². The van der Waals surface area contributed by atoms with Crippen molar-refractivity contribution in [3.05, 3.63) is 10.5 Å². The molecule has 0 amide bonds. The van der Waals surface area contributed by atoms with E-state index in [9.17, 15) is 0 Å². The fourth-order valence-electron chi connectivity index (χ4n) is 4.14. The van der Waals surface area contributed by atoms with Gasteiger partial charge in [-0.2, -0.15) is 0 Å². The lowest BCUT2D eigenvalue weighted by molar-refractivity contribution is 0.361. The van der Waals surface area contributed by atoms with Gasteiger partial charge in [0.05, 0.1) is 0 Å². The van der Waals surface area contributed by atoms with E-state index < -0.39 is 0 Å². The Kier molecular flexibility index (Phi) is 5.05. The molecular formula is C18H33BS. The molecule has 0 aromatic carbocycles. The molecule has 20 heavy (non-hydrogen) atoms. The molecule has 0 aromatic heterocycles. The molecule has 1 aliphatic carbocycles. The SMILES string of the molecule is BC1(C(C)C)CCC2SC(C(C)C)=C(C(C)C)C2CC1. The largest absolute Gasteiger partial charge is 0.126 e. The maximum Gasteiger partial charge on any atom is 0.109 e. The molecule has 0 saturated heterocycles. The van der Waals surface area contributed by atoms with E-state index in [0.717, 1.165) is 28.9 Å². The molecule has 3 unspecified atom stereocenters. The fourth-order valence-corrected chi connectivity index (χ4v) is 5.94. The van der Waals surface area contributed by atoms with Crippen LogP contribution in [0.1, 0.15) is 67.2 Å². The molecule has 3 atom stereocenters.